The summed E-state index contributed by atoms with van der Waals surface area (Å²) >= 11 is 3.45. The lowest BCUT2D eigenvalue weighted by atomic mass is 9.97. The molecule has 96 valence electrons. The van der Waals surface area contributed by atoms with Crippen molar-refractivity contribution in [1.82, 2.24) is 9.97 Å². The van der Waals surface area contributed by atoms with E-state index in [1.54, 1.807) is 6.20 Å². The van der Waals surface area contributed by atoms with Gasteiger partial charge in [-0.25, -0.2) is 4.98 Å². The van der Waals surface area contributed by atoms with Gasteiger partial charge in [-0.05, 0) is 27.8 Å². The maximum atomic E-state index is 4.43. The van der Waals surface area contributed by atoms with Gasteiger partial charge < -0.3 is 10.6 Å². The van der Waals surface area contributed by atoms with E-state index in [0.29, 0.717) is 5.95 Å². The number of halogens is 1. The van der Waals surface area contributed by atoms with Crippen molar-refractivity contribution < 1.29 is 0 Å². The van der Waals surface area contributed by atoms with Crippen LogP contribution < -0.4 is 10.6 Å². The molecule has 5 heteroatoms. The van der Waals surface area contributed by atoms with Gasteiger partial charge in [-0.1, -0.05) is 27.7 Å². The van der Waals surface area contributed by atoms with Crippen molar-refractivity contribution in [3.05, 3.63) is 10.7 Å². The van der Waals surface area contributed by atoms with E-state index in [4.69, 9.17) is 0 Å². The van der Waals surface area contributed by atoms with Gasteiger partial charge in [0.1, 0.15) is 5.82 Å². The molecule has 0 bridgehead atoms. The van der Waals surface area contributed by atoms with Gasteiger partial charge in [-0.3, -0.25) is 0 Å². The van der Waals surface area contributed by atoms with E-state index in [0.717, 1.165) is 29.8 Å². The molecular weight excluding hydrogens is 280 g/mol. The fourth-order valence-corrected chi connectivity index (χ4v) is 1.49. The number of anilines is 2. The minimum absolute atomic E-state index is 0.224. The first kappa shape index (κ1) is 14.2. The van der Waals surface area contributed by atoms with Gasteiger partial charge in [0.15, 0.2) is 0 Å². The van der Waals surface area contributed by atoms with E-state index in [1.807, 2.05) is 0 Å². The SMILES string of the molecule is CCCNc1ncc(Br)c(NCC(C)(C)C)n1. The van der Waals surface area contributed by atoms with Crippen LogP contribution in [0.2, 0.25) is 0 Å². The minimum Gasteiger partial charge on any atom is -0.368 e. The van der Waals surface area contributed by atoms with Gasteiger partial charge in [0, 0.05) is 19.3 Å². The largest absolute Gasteiger partial charge is 0.368 e. The maximum Gasteiger partial charge on any atom is 0.224 e. The summed E-state index contributed by atoms with van der Waals surface area (Å²) in [5.74, 6) is 1.51. The molecular formula is C12H21BrN4. The van der Waals surface area contributed by atoms with Crippen LogP contribution in [-0.2, 0) is 0 Å². The zero-order valence-corrected chi connectivity index (χ0v) is 12.6. The van der Waals surface area contributed by atoms with Gasteiger partial charge in [-0.2, -0.15) is 4.98 Å². The normalized spacial score (nSPS) is 11.4. The molecule has 17 heavy (non-hydrogen) atoms. The highest BCUT2D eigenvalue weighted by atomic mass is 79.9. The standard InChI is InChI=1S/C12H21BrN4/c1-5-6-14-11-15-7-9(13)10(17-11)16-8-12(2,3)4/h7H,5-6,8H2,1-4H3,(H2,14,15,16,17). The first-order chi connectivity index (χ1) is 7.92. The monoisotopic (exact) mass is 300 g/mol. The number of hydrogen-bond donors (Lipinski definition) is 2. The molecule has 1 aromatic heterocycles. The second kappa shape index (κ2) is 6.19. The zero-order chi connectivity index (χ0) is 12.9. The Bertz CT molecular complexity index is 360. The molecule has 0 radical (unpaired) electrons. The second-order valence-electron chi connectivity index (χ2n) is 5.23. The van der Waals surface area contributed by atoms with Crippen LogP contribution in [0.1, 0.15) is 34.1 Å². The average molecular weight is 301 g/mol. The van der Waals surface area contributed by atoms with Crippen LogP contribution in [0, 0.1) is 5.41 Å². The summed E-state index contributed by atoms with van der Waals surface area (Å²) in [4.78, 5) is 8.64. The van der Waals surface area contributed by atoms with Crippen molar-refractivity contribution in [2.75, 3.05) is 23.7 Å². The summed E-state index contributed by atoms with van der Waals surface area (Å²) in [6.45, 7) is 10.4. The van der Waals surface area contributed by atoms with E-state index in [1.165, 1.54) is 0 Å². The quantitative estimate of drug-likeness (QED) is 0.873. The van der Waals surface area contributed by atoms with E-state index in [2.05, 4.69) is 64.2 Å². The van der Waals surface area contributed by atoms with Crippen molar-refractivity contribution in [2.24, 2.45) is 5.41 Å². The average Bonchev–Trinajstić information content (AvgIpc) is 2.25. The summed E-state index contributed by atoms with van der Waals surface area (Å²) in [7, 11) is 0. The molecule has 0 spiro atoms. The van der Waals surface area contributed by atoms with E-state index in [9.17, 15) is 0 Å². The molecule has 0 aliphatic heterocycles. The molecule has 1 aromatic rings. The van der Waals surface area contributed by atoms with Crippen molar-refractivity contribution >= 4 is 27.7 Å². The number of aromatic nitrogens is 2. The maximum absolute atomic E-state index is 4.43. The summed E-state index contributed by atoms with van der Waals surface area (Å²) in [6, 6.07) is 0. The van der Waals surface area contributed by atoms with Crippen LogP contribution in [0.5, 0.6) is 0 Å². The number of rotatable bonds is 5. The smallest absolute Gasteiger partial charge is 0.224 e. The van der Waals surface area contributed by atoms with Gasteiger partial charge in [0.05, 0.1) is 4.47 Å². The Hall–Kier alpha value is -0.840. The van der Waals surface area contributed by atoms with Crippen LogP contribution in [0.3, 0.4) is 0 Å². The Morgan fingerprint density at radius 2 is 2.00 bits per heavy atom. The van der Waals surface area contributed by atoms with Crippen LogP contribution in [-0.4, -0.2) is 23.1 Å². The zero-order valence-electron chi connectivity index (χ0n) is 11.0. The van der Waals surface area contributed by atoms with Crippen molar-refractivity contribution in [3.8, 4) is 0 Å². The van der Waals surface area contributed by atoms with E-state index in [-0.39, 0.29) is 5.41 Å². The lowest BCUT2D eigenvalue weighted by Gasteiger charge is -2.19. The topological polar surface area (TPSA) is 49.8 Å². The first-order valence-corrected chi connectivity index (χ1v) is 6.72. The fraction of sp³-hybridized carbons (Fsp3) is 0.667. The summed E-state index contributed by atoms with van der Waals surface area (Å²) in [5.41, 5.74) is 0.224. The minimum atomic E-state index is 0.224. The van der Waals surface area contributed by atoms with E-state index < -0.39 is 0 Å². The van der Waals surface area contributed by atoms with E-state index >= 15 is 0 Å². The predicted molar refractivity (Wildman–Crippen MR) is 76.5 cm³/mol. The van der Waals surface area contributed by atoms with Gasteiger partial charge in [0.25, 0.3) is 0 Å². The molecule has 4 nitrogen and oxygen atoms in total. The fourth-order valence-electron chi connectivity index (χ4n) is 1.16. The van der Waals surface area contributed by atoms with Crippen LogP contribution in [0.25, 0.3) is 0 Å². The third-order valence-corrected chi connectivity index (χ3v) is 2.64. The Balaban J connectivity index is 2.69. The summed E-state index contributed by atoms with van der Waals surface area (Å²) in [6.07, 6.45) is 2.83. The number of nitrogens with zero attached hydrogens (tertiary/aromatic N) is 2. The molecule has 0 aliphatic carbocycles. The Morgan fingerprint density at radius 3 is 2.59 bits per heavy atom. The third-order valence-electron chi connectivity index (χ3n) is 2.06. The Labute approximate surface area is 112 Å². The second-order valence-corrected chi connectivity index (χ2v) is 6.09. The van der Waals surface area contributed by atoms with Gasteiger partial charge in [-0.15, -0.1) is 0 Å². The highest BCUT2D eigenvalue weighted by Crippen LogP contribution is 2.22. The highest BCUT2D eigenvalue weighted by molar-refractivity contribution is 9.10. The first-order valence-electron chi connectivity index (χ1n) is 5.92. The van der Waals surface area contributed by atoms with Crippen molar-refractivity contribution in [2.45, 2.75) is 34.1 Å². The number of hydrogen-bond acceptors (Lipinski definition) is 4. The summed E-state index contributed by atoms with van der Waals surface area (Å²) < 4.78 is 0.892. The van der Waals surface area contributed by atoms with Gasteiger partial charge >= 0.3 is 0 Å². The predicted octanol–water partition coefficient (Wildman–Crippen LogP) is 3.52. The molecule has 0 aromatic carbocycles. The lowest BCUT2D eigenvalue weighted by Crippen LogP contribution is -2.20. The molecule has 0 saturated heterocycles. The Kier molecular flexibility index (Phi) is 5.18. The van der Waals surface area contributed by atoms with Gasteiger partial charge in [0.2, 0.25) is 5.95 Å². The molecule has 0 fully saturated rings. The molecule has 0 aliphatic rings. The molecule has 0 atom stereocenters. The third kappa shape index (κ3) is 5.35. The van der Waals surface area contributed by atoms with Crippen molar-refractivity contribution in [1.29, 1.82) is 0 Å². The Morgan fingerprint density at radius 1 is 1.29 bits per heavy atom. The molecule has 1 heterocycles. The molecule has 1 rings (SSSR count). The molecule has 0 unspecified atom stereocenters. The molecule has 0 saturated carbocycles. The van der Waals surface area contributed by atoms with Crippen molar-refractivity contribution in [3.63, 3.8) is 0 Å². The van der Waals surface area contributed by atoms with Crippen LogP contribution >= 0.6 is 15.9 Å². The highest BCUT2D eigenvalue weighted by Gasteiger charge is 2.12. The summed E-state index contributed by atoms with van der Waals surface area (Å²) in [5, 5.41) is 6.51. The number of nitrogens with one attached hydrogen (secondary N) is 2. The molecule has 2 N–H and O–H groups in total. The van der Waals surface area contributed by atoms with Crippen LogP contribution in [0.15, 0.2) is 10.7 Å². The lowest BCUT2D eigenvalue weighted by molar-refractivity contribution is 0.442. The molecule has 0 amide bonds. The van der Waals surface area contributed by atoms with Crippen LogP contribution in [0.4, 0.5) is 11.8 Å².